The minimum atomic E-state index is -0.511. The Morgan fingerprint density at radius 2 is 1.93 bits per heavy atom. The van der Waals surface area contributed by atoms with E-state index in [2.05, 4.69) is 13.8 Å². The summed E-state index contributed by atoms with van der Waals surface area (Å²) in [5.74, 6) is -0.523. The van der Waals surface area contributed by atoms with E-state index in [0.29, 0.717) is 12.8 Å². The van der Waals surface area contributed by atoms with Crippen LogP contribution in [0, 0.1) is 22.7 Å². The molecule has 0 aromatic rings. The van der Waals surface area contributed by atoms with E-state index in [1.165, 1.54) is 13.8 Å². The summed E-state index contributed by atoms with van der Waals surface area (Å²) < 4.78 is 11.1. The van der Waals surface area contributed by atoms with Gasteiger partial charge in [-0.15, -0.1) is 0 Å². The first-order valence-corrected chi connectivity index (χ1v) is 10.7. The molecule has 0 heterocycles. The van der Waals surface area contributed by atoms with E-state index < -0.39 is 11.5 Å². The molecule has 1 saturated carbocycles. The Bertz CT molecular complexity index is 751. The summed E-state index contributed by atoms with van der Waals surface area (Å²) in [5, 5.41) is 9.36. The topological polar surface area (TPSA) is 89.9 Å². The number of carbonyl (C=O) groups excluding carboxylic acids is 3. The van der Waals surface area contributed by atoms with Gasteiger partial charge in [-0.25, -0.2) is 0 Å². The van der Waals surface area contributed by atoms with Gasteiger partial charge in [0, 0.05) is 20.3 Å². The lowest BCUT2D eigenvalue weighted by Gasteiger charge is -2.58. The molecular formula is C24H36O6. The zero-order chi connectivity index (χ0) is 22.7. The molecular weight excluding hydrogens is 384 g/mol. The smallest absolute Gasteiger partial charge is 0.303 e. The maximum atomic E-state index is 12.5. The summed E-state index contributed by atoms with van der Waals surface area (Å²) in [6.07, 6.45) is 5.60. The quantitative estimate of drug-likeness (QED) is 0.498. The van der Waals surface area contributed by atoms with Crippen LogP contribution >= 0.6 is 0 Å². The van der Waals surface area contributed by atoms with Crippen molar-refractivity contribution < 1.29 is 29.0 Å². The highest BCUT2D eigenvalue weighted by Gasteiger charge is 2.56. The van der Waals surface area contributed by atoms with Gasteiger partial charge in [0.15, 0.2) is 5.78 Å². The molecule has 2 aliphatic rings. The van der Waals surface area contributed by atoms with Gasteiger partial charge in [-0.3, -0.25) is 14.4 Å². The maximum absolute atomic E-state index is 12.5. The van der Waals surface area contributed by atoms with Crippen molar-refractivity contribution in [3.63, 3.8) is 0 Å². The number of hydrogen-bond acceptors (Lipinski definition) is 6. The number of aliphatic hydroxyl groups excluding tert-OH is 1. The summed E-state index contributed by atoms with van der Waals surface area (Å²) >= 11 is 0. The minimum Gasteiger partial charge on any atom is -0.466 e. The van der Waals surface area contributed by atoms with Crippen LogP contribution in [0.3, 0.4) is 0 Å². The Hall–Kier alpha value is -1.95. The van der Waals surface area contributed by atoms with Crippen LogP contribution in [0.5, 0.6) is 0 Å². The van der Waals surface area contributed by atoms with E-state index in [9.17, 15) is 19.5 Å². The van der Waals surface area contributed by atoms with Gasteiger partial charge in [0.1, 0.15) is 6.10 Å². The standard InChI is InChI=1S/C24H36O6/c1-15(8-10-25)21(30-18(4)27)13-24(6)19(14-29-17(3)26)7-9-23(5)16(2)11-20(28)12-22(23)24/h8,11,19,21-22,25H,7,9-10,12-14H2,1-6H3/b15-8+/t19-,21-,22-,23-,24-/m1/s1. The van der Waals surface area contributed by atoms with Crippen LogP contribution in [0.2, 0.25) is 0 Å². The molecule has 0 aromatic heterocycles. The first-order valence-electron chi connectivity index (χ1n) is 10.7. The number of rotatable bonds is 7. The molecule has 30 heavy (non-hydrogen) atoms. The second kappa shape index (κ2) is 9.46. The van der Waals surface area contributed by atoms with Gasteiger partial charge in [0.05, 0.1) is 13.2 Å². The molecule has 5 atom stereocenters. The van der Waals surface area contributed by atoms with Crippen molar-refractivity contribution in [3.8, 4) is 0 Å². The van der Waals surface area contributed by atoms with E-state index in [0.717, 1.165) is 24.0 Å². The van der Waals surface area contributed by atoms with Crippen molar-refractivity contribution in [1.29, 1.82) is 0 Å². The highest BCUT2D eigenvalue weighted by atomic mass is 16.5. The predicted octanol–water partition coefficient (Wildman–Crippen LogP) is 3.77. The Balaban J connectivity index is 2.50. The van der Waals surface area contributed by atoms with E-state index in [4.69, 9.17) is 9.47 Å². The molecule has 0 unspecified atom stereocenters. The Morgan fingerprint density at radius 1 is 1.27 bits per heavy atom. The van der Waals surface area contributed by atoms with Crippen LogP contribution in [0.4, 0.5) is 0 Å². The van der Waals surface area contributed by atoms with Crippen molar-refractivity contribution in [2.75, 3.05) is 13.2 Å². The number of ether oxygens (including phenoxy) is 2. The number of hydrogen-bond donors (Lipinski definition) is 1. The largest absolute Gasteiger partial charge is 0.466 e. The van der Waals surface area contributed by atoms with Crippen molar-refractivity contribution in [3.05, 3.63) is 23.3 Å². The lowest BCUT2D eigenvalue weighted by molar-refractivity contribution is -0.155. The lowest BCUT2D eigenvalue weighted by atomic mass is 9.46. The number of ketones is 1. The molecule has 0 saturated heterocycles. The molecule has 0 amide bonds. The first-order chi connectivity index (χ1) is 13.9. The van der Waals surface area contributed by atoms with Crippen LogP contribution < -0.4 is 0 Å². The average Bonchev–Trinajstić information content (AvgIpc) is 2.63. The zero-order valence-electron chi connectivity index (χ0n) is 19.1. The summed E-state index contributed by atoms with van der Waals surface area (Å²) in [6, 6.07) is 0. The van der Waals surface area contributed by atoms with Crippen LogP contribution in [0.15, 0.2) is 23.3 Å². The summed E-state index contributed by atoms with van der Waals surface area (Å²) in [6.45, 7) is 11.1. The van der Waals surface area contributed by atoms with Gasteiger partial charge in [0.2, 0.25) is 0 Å². The van der Waals surface area contributed by atoms with Gasteiger partial charge in [-0.05, 0) is 67.4 Å². The second-order valence-electron chi connectivity index (χ2n) is 9.44. The lowest BCUT2D eigenvalue weighted by Crippen LogP contribution is -2.54. The van der Waals surface area contributed by atoms with E-state index >= 15 is 0 Å². The molecule has 0 bridgehead atoms. The average molecular weight is 421 g/mol. The minimum absolute atomic E-state index is 0.0387. The van der Waals surface area contributed by atoms with E-state index in [1.807, 2.05) is 13.8 Å². The Kier molecular flexibility index (Phi) is 7.67. The summed E-state index contributed by atoms with van der Waals surface area (Å²) in [4.78, 5) is 35.9. The third-order valence-electron chi connectivity index (χ3n) is 7.54. The maximum Gasteiger partial charge on any atom is 0.303 e. The van der Waals surface area contributed by atoms with Crippen molar-refractivity contribution in [2.45, 2.75) is 73.3 Å². The van der Waals surface area contributed by atoms with E-state index in [-0.39, 0.29) is 48.2 Å². The molecule has 6 heteroatoms. The Morgan fingerprint density at radius 3 is 2.50 bits per heavy atom. The zero-order valence-corrected chi connectivity index (χ0v) is 19.1. The third-order valence-corrected chi connectivity index (χ3v) is 7.54. The summed E-state index contributed by atoms with van der Waals surface area (Å²) in [7, 11) is 0. The molecule has 0 aromatic carbocycles. The second-order valence-corrected chi connectivity index (χ2v) is 9.44. The molecule has 1 fully saturated rings. The van der Waals surface area contributed by atoms with Gasteiger partial charge >= 0.3 is 11.9 Å². The molecule has 0 spiro atoms. The molecule has 2 rings (SSSR count). The molecule has 6 nitrogen and oxygen atoms in total. The Labute approximate surface area is 179 Å². The third kappa shape index (κ3) is 5.02. The van der Waals surface area contributed by atoms with Gasteiger partial charge in [-0.2, -0.15) is 0 Å². The molecule has 168 valence electrons. The predicted molar refractivity (Wildman–Crippen MR) is 113 cm³/mol. The number of fused-ring (bicyclic) bond motifs is 1. The van der Waals surface area contributed by atoms with E-state index in [1.54, 1.807) is 12.2 Å². The monoisotopic (exact) mass is 420 g/mol. The number of allylic oxidation sites excluding steroid dienone is 2. The van der Waals surface area contributed by atoms with Gasteiger partial charge < -0.3 is 14.6 Å². The fraction of sp³-hybridized carbons (Fsp3) is 0.708. The summed E-state index contributed by atoms with van der Waals surface area (Å²) in [5.41, 5.74) is 1.33. The van der Waals surface area contributed by atoms with Gasteiger partial charge in [0.25, 0.3) is 0 Å². The van der Waals surface area contributed by atoms with Crippen LogP contribution in [0.1, 0.15) is 67.2 Å². The molecule has 0 aliphatic heterocycles. The normalized spacial score (nSPS) is 32.7. The fourth-order valence-corrected chi connectivity index (χ4v) is 5.56. The highest BCUT2D eigenvalue weighted by Crippen LogP contribution is 2.61. The van der Waals surface area contributed by atoms with Crippen LogP contribution in [-0.2, 0) is 23.9 Å². The SMILES string of the molecule is CC(=O)OC[C@H]1CC[C@]2(C)C(C)=CC(=O)C[C@H]2[C@]1(C)C[C@@H](OC(C)=O)/C(C)=C/CO. The van der Waals surface area contributed by atoms with Crippen molar-refractivity contribution in [2.24, 2.45) is 22.7 Å². The highest BCUT2D eigenvalue weighted by molar-refractivity contribution is 5.92. The van der Waals surface area contributed by atoms with Crippen LogP contribution in [0.25, 0.3) is 0 Å². The number of aliphatic hydroxyl groups is 1. The van der Waals surface area contributed by atoms with Crippen molar-refractivity contribution >= 4 is 17.7 Å². The molecule has 2 aliphatic carbocycles. The number of esters is 2. The first kappa shape index (κ1) is 24.3. The fourth-order valence-electron chi connectivity index (χ4n) is 5.56. The number of carbonyl (C=O) groups is 3. The van der Waals surface area contributed by atoms with Gasteiger partial charge in [-0.1, -0.05) is 25.5 Å². The molecule has 0 radical (unpaired) electrons. The molecule has 1 N–H and O–H groups in total. The van der Waals surface area contributed by atoms with Crippen molar-refractivity contribution in [1.82, 2.24) is 0 Å². The van der Waals surface area contributed by atoms with Crippen LogP contribution in [-0.4, -0.2) is 42.1 Å².